The number of carboxylic acids is 1. The molecule has 9 heteroatoms. The third-order valence-corrected chi connectivity index (χ3v) is 4.62. The number of nitrogens with two attached hydrogens (primary N) is 2. The Labute approximate surface area is 159 Å². The molecule has 0 saturated heterocycles. The number of carboxylic acid groups (broad SMARTS) is 1. The Kier molecular flexibility index (Phi) is 6.69. The molecule has 27 heavy (non-hydrogen) atoms. The molecule has 0 aliphatic rings. The number of hydrazone groups is 1. The van der Waals surface area contributed by atoms with E-state index in [1.165, 1.54) is 36.2 Å². The molecule has 0 spiro atoms. The Balaban J connectivity index is 2.02. The van der Waals surface area contributed by atoms with Crippen LogP contribution in [0.2, 0.25) is 0 Å². The fourth-order valence-corrected chi connectivity index (χ4v) is 2.89. The number of benzene rings is 2. The van der Waals surface area contributed by atoms with E-state index in [0.717, 1.165) is 11.8 Å². The minimum Gasteiger partial charge on any atom is -0.478 e. The molecule has 0 radical (unpaired) electrons. The van der Waals surface area contributed by atoms with Crippen LogP contribution in [0.4, 0.5) is 5.69 Å². The van der Waals surface area contributed by atoms with Gasteiger partial charge in [-0.2, -0.15) is 5.10 Å². The number of hydrazine groups is 1. The lowest BCUT2D eigenvalue weighted by Crippen LogP contribution is -2.37. The number of aromatic carboxylic acids is 1. The molecule has 0 aromatic heterocycles. The van der Waals surface area contributed by atoms with Gasteiger partial charge in [0, 0.05) is 11.1 Å². The fraction of sp³-hybridized carbons (Fsp3) is 0.111. The van der Waals surface area contributed by atoms with Gasteiger partial charge >= 0.3 is 5.97 Å². The van der Waals surface area contributed by atoms with Gasteiger partial charge in [0.1, 0.15) is 0 Å². The maximum atomic E-state index is 12.3. The van der Waals surface area contributed by atoms with Gasteiger partial charge in [0.2, 0.25) is 5.17 Å². The highest BCUT2D eigenvalue weighted by Gasteiger charge is 2.15. The van der Waals surface area contributed by atoms with Gasteiger partial charge in [-0.15, -0.1) is 0 Å². The van der Waals surface area contributed by atoms with Crippen molar-refractivity contribution in [2.45, 2.75) is 6.92 Å². The van der Waals surface area contributed by atoms with Crippen molar-refractivity contribution in [1.82, 2.24) is 0 Å². The van der Waals surface area contributed by atoms with Crippen molar-refractivity contribution < 1.29 is 19.5 Å². The summed E-state index contributed by atoms with van der Waals surface area (Å²) in [7, 11) is 0. The first-order chi connectivity index (χ1) is 12.8. The number of anilines is 1. The van der Waals surface area contributed by atoms with E-state index in [2.05, 4.69) is 5.10 Å². The van der Waals surface area contributed by atoms with E-state index in [1.807, 2.05) is 0 Å². The molecule has 0 unspecified atom stereocenters. The second-order valence-corrected chi connectivity index (χ2v) is 6.42. The molecule has 0 heterocycles. The summed E-state index contributed by atoms with van der Waals surface area (Å²) in [5.74, 6) is 10.1. The average molecular weight is 386 g/mol. The van der Waals surface area contributed by atoms with Crippen LogP contribution in [-0.2, 0) is 0 Å². The van der Waals surface area contributed by atoms with Crippen molar-refractivity contribution in [2.75, 3.05) is 10.8 Å². The predicted molar refractivity (Wildman–Crippen MR) is 105 cm³/mol. The SMILES string of the molecule is CC(=O)c1ccc(C(=O)CS/C(=N/N)N(N)c2ccc(C(=O)O)cc2)cc1. The molecule has 0 fully saturated rings. The zero-order valence-corrected chi connectivity index (χ0v) is 15.3. The highest BCUT2D eigenvalue weighted by Crippen LogP contribution is 2.18. The Morgan fingerprint density at radius 1 is 1.00 bits per heavy atom. The van der Waals surface area contributed by atoms with Crippen LogP contribution in [0.3, 0.4) is 0 Å². The number of amidine groups is 1. The lowest BCUT2D eigenvalue weighted by atomic mass is 10.1. The van der Waals surface area contributed by atoms with Gasteiger partial charge in [0.05, 0.1) is 17.0 Å². The Hall–Kier alpha value is -3.17. The quantitative estimate of drug-likeness (QED) is 0.225. The highest BCUT2D eigenvalue weighted by atomic mass is 32.2. The van der Waals surface area contributed by atoms with E-state index in [1.54, 1.807) is 24.3 Å². The van der Waals surface area contributed by atoms with Crippen molar-refractivity contribution in [3.63, 3.8) is 0 Å². The second-order valence-electron chi connectivity index (χ2n) is 5.48. The molecule has 0 bridgehead atoms. The van der Waals surface area contributed by atoms with E-state index in [4.69, 9.17) is 16.8 Å². The molecule has 8 nitrogen and oxygen atoms in total. The largest absolute Gasteiger partial charge is 0.478 e. The lowest BCUT2D eigenvalue weighted by Gasteiger charge is -2.19. The van der Waals surface area contributed by atoms with Crippen LogP contribution in [0.15, 0.2) is 53.6 Å². The summed E-state index contributed by atoms with van der Waals surface area (Å²) in [6.45, 7) is 1.45. The zero-order valence-electron chi connectivity index (χ0n) is 14.5. The first-order valence-corrected chi connectivity index (χ1v) is 8.75. The van der Waals surface area contributed by atoms with E-state index >= 15 is 0 Å². The third-order valence-electron chi connectivity index (χ3n) is 3.65. The number of carbonyl (C=O) groups excluding carboxylic acids is 2. The van der Waals surface area contributed by atoms with Gasteiger partial charge in [0.15, 0.2) is 11.6 Å². The molecule has 2 aromatic rings. The Morgan fingerprint density at radius 2 is 1.52 bits per heavy atom. The van der Waals surface area contributed by atoms with E-state index in [-0.39, 0.29) is 28.1 Å². The maximum Gasteiger partial charge on any atom is 0.335 e. The van der Waals surface area contributed by atoms with E-state index in [0.29, 0.717) is 16.8 Å². The molecule has 0 aliphatic carbocycles. The fourth-order valence-electron chi connectivity index (χ4n) is 2.15. The van der Waals surface area contributed by atoms with Crippen LogP contribution in [0.25, 0.3) is 0 Å². The van der Waals surface area contributed by atoms with Crippen LogP contribution in [0, 0.1) is 0 Å². The summed E-state index contributed by atoms with van der Waals surface area (Å²) >= 11 is 1.04. The summed E-state index contributed by atoms with van der Waals surface area (Å²) in [4.78, 5) is 34.5. The van der Waals surface area contributed by atoms with E-state index < -0.39 is 5.97 Å². The van der Waals surface area contributed by atoms with Crippen molar-refractivity contribution >= 4 is 40.2 Å². The summed E-state index contributed by atoms with van der Waals surface area (Å²) in [6.07, 6.45) is 0. The number of nitrogens with zero attached hydrogens (tertiary/aromatic N) is 2. The third kappa shape index (κ3) is 5.16. The van der Waals surface area contributed by atoms with Crippen molar-refractivity contribution in [3.05, 3.63) is 65.2 Å². The molecule has 0 amide bonds. The first kappa shape index (κ1) is 20.1. The molecule has 5 N–H and O–H groups in total. The average Bonchev–Trinajstić information content (AvgIpc) is 2.68. The molecular weight excluding hydrogens is 368 g/mol. The molecule has 0 saturated carbocycles. The summed E-state index contributed by atoms with van der Waals surface area (Å²) in [6, 6.07) is 12.2. The van der Waals surface area contributed by atoms with Gasteiger partial charge in [-0.1, -0.05) is 36.0 Å². The second kappa shape index (κ2) is 8.97. The van der Waals surface area contributed by atoms with Gasteiger partial charge in [-0.05, 0) is 31.2 Å². The van der Waals surface area contributed by atoms with Crippen LogP contribution in [0.5, 0.6) is 0 Å². The van der Waals surface area contributed by atoms with Crippen LogP contribution >= 0.6 is 11.8 Å². The number of carbonyl (C=O) groups is 3. The Morgan fingerprint density at radius 3 is 2.00 bits per heavy atom. The monoisotopic (exact) mass is 386 g/mol. The van der Waals surface area contributed by atoms with Crippen molar-refractivity contribution in [1.29, 1.82) is 0 Å². The minimum absolute atomic E-state index is 0.0381. The van der Waals surface area contributed by atoms with E-state index in [9.17, 15) is 14.4 Å². The van der Waals surface area contributed by atoms with Gasteiger partial charge in [-0.25, -0.2) is 10.6 Å². The molecule has 0 aliphatic heterocycles. The van der Waals surface area contributed by atoms with Crippen molar-refractivity contribution in [3.8, 4) is 0 Å². The molecule has 0 atom stereocenters. The first-order valence-electron chi connectivity index (χ1n) is 7.76. The number of ketones is 2. The standard InChI is InChI=1S/C18H18N4O4S/c1-11(23)12-2-4-13(5-3-12)16(24)10-27-18(21-19)22(20)15-8-6-14(7-9-15)17(25)26/h2-9H,10,19-20H2,1H3,(H,25,26)/b21-18+. The van der Waals surface area contributed by atoms with Crippen LogP contribution < -0.4 is 16.7 Å². The molecule has 2 aromatic carbocycles. The van der Waals surface area contributed by atoms with Crippen LogP contribution in [-0.4, -0.2) is 33.6 Å². The van der Waals surface area contributed by atoms with Crippen LogP contribution in [0.1, 0.15) is 38.0 Å². The predicted octanol–water partition coefficient (Wildman–Crippen LogP) is 2.11. The number of hydrogen-bond donors (Lipinski definition) is 3. The van der Waals surface area contributed by atoms with Crippen molar-refractivity contribution in [2.24, 2.45) is 16.8 Å². The molecule has 140 valence electrons. The molecule has 2 rings (SSSR count). The number of hydrogen-bond acceptors (Lipinski definition) is 7. The van der Waals surface area contributed by atoms with Gasteiger partial charge < -0.3 is 10.9 Å². The topological polar surface area (TPSA) is 139 Å². The number of rotatable bonds is 6. The summed E-state index contributed by atoms with van der Waals surface area (Å²) < 4.78 is 0. The molecular formula is C18H18N4O4S. The maximum absolute atomic E-state index is 12.3. The van der Waals surface area contributed by atoms with Gasteiger partial charge in [-0.3, -0.25) is 14.6 Å². The highest BCUT2D eigenvalue weighted by molar-refractivity contribution is 8.14. The minimum atomic E-state index is -1.05. The zero-order chi connectivity index (χ0) is 20.0. The Bertz CT molecular complexity index is 879. The number of thioether (sulfide) groups is 1. The smallest absolute Gasteiger partial charge is 0.335 e. The lowest BCUT2D eigenvalue weighted by molar-refractivity contribution is 0.0696. The van der Waals surface area contributed by atoms with Gasteiger partial charge in [0.25, 0.3) is 0 Å². The summed E-state index contributed by atoms with van der Waals surface area (Å²) in [5, 5.41) is 13.9. The normalized spacial score (nSPS) is 11.1. The summed E-state index contributed by atoms with van der Waals surface area (Å²) in [5.41, 5.74) is 1.57. The number of Topliss-reactive ketones (excluding diaryl/α,β-unsaturated/α-hetero) is 2.